The number of sulfonamides is 1. The lowest BCUT2D eigenvalue weighted by atomic mass is 9.85. The Morgan fingerprint density at radius 3 is 2.63 bits per heavy atom. The highest BCUT2D eigenvalue weighted by atomic mass is 35.5. The molecule has 2 fully saturated rings. The molecule has 1 heterocycles. The Morgan fingerprint density at radius 2 is 1.93 bits per heavy atom. The van der Waals surface area contributed by atoms with Gasteiger partial charge in [-0.15, -0.1) is 0 Å². The lowest BCUT2D eigenvalue weighted by Gasteiger charge is -2.34. The molecular formula is C20H29ClN2O3S. The number of hydrogen-bond donors (Lipinski definition) is 1. The average molecular weight is 413 g/mol. The number of piperidine rings is 1. The molecule has 150 valence electrons. The molecule has 27 heavy (non-hydrogen) atoms. The van der Waals surface area contributed by atoms with Crippen molar-refractivity contribution in [2.45, 2.75) is 63.3 Å². The number of carbonyl (C=O) groups is 1. The predicted molar refractivity (Wildman–Crippen MR) is 107 cm³/mol. The summed E-state index contributed by atoms with van der Waals surface area (Å²) in [4.78, 5) is 13.0. The molecule has 1 aromatic rings. The van der Waals surface area contributed by atoms with E-state index >= 15 is 0 Å². The Labute approximate surface area is 167 Å². The van der Waals surface area contributed by atoms with E-state index < -0.39 is 10.0 Å². The summed E-state index contributed by atoms with van der Waals surface area (Å²) in [6.45, 7) is 4.70. The number of rotatable bonds is 4. The van der Waals surface area contributed by atoms with Gasteiger partial charge in [-0.1, -0.05) is 37.4 Å². The molecule has 1 saturated carbocycles. The van der Waals surface area contributed by atoms with Gasteiger partial charge < -0.3 is 5.32 Å². The van der Waals surface area contributed by atoms with E-state index in [9.17, 15) is 13.2 Å². The highest BCUT2D eigenvalue weighted by molar-refractivity contribution is 7.89. The zero-order chi connectivity index (χ0) is 19.6. The van der Waals surface area contributed by atoms with Gasteiger partial charge in [-0.05, 0) is 56.2 Å². The van der Waals surface area contributed by atoms with Crippen LogP contribution < -0.4 is 5.32 Å². The second kappa shape index (κ2) is 8.50. The Morgan fingerprint density at radius 1 is 1.19 bits per heavy atom. The van der Waals surface area contributed by atoms with Gasteiger partial charge in [0.1, 0.15) is 0 Å². The second-order valence-electron chi connectivity index (χ2n) is 7.99. The third-order valence-electron chi connectivity index (χ3n) is 5.98. The third-order valence-corrected chi connectivity index (χ3v) is 8.24. The number of halogens is 1. The molecule has 1 N–H and O–H groups in total. The minimum atomic E-state index is -3.64. The molecule has 0 radical (unpaired) electrons. The molecule has 7 heteroatoms. The quantitative estimate of drug-likeness (QED) is 0.818. The van der Waals surface area contributed by atoms with Crippen molar-refractivity contribution in [1.82, 2.24) is 9.62 Å². The number of aryl methyl sites for hydroxylation is 1. The van der Waals surface area contributed by atoms with Crippen LogP contribution in [0.15, 0.2) is 23.1 Å². The minimum Gasteiger partial charge on any atom is -0.353 e. The first-order valence-electron chi connectivity index (χ1n) is 9.85. The largest absolute Gasteiger partial charge is 0.353 e. The molecule has 1 aliphatic carbocycles. The molecule has 3 atom stereocenters. The molecule has 3 rings (SSSR count). The van der Waals surface area contributed by atoms with Crippen molar-refractivity contribution in [3.8, 4) is 0 Å². The lowest BCUT2D eigenvalue weighted by molar-refractivity contribution is -0.127. The third kappa shape index (κ3) is 4.66. The van der Waals surface area contributed by atoms with Crippen molar-refractivity contribution in [3.05, 3.63) is 28.8 Å². The topological polar surface area (TPSA) is 66.5 Å². The van der Waals surface area contributed by atoms with Crippen molar-refractivity contribution in [3.63, 3.8) is 0 Å². The summed E-state index contributed by atoms with van der Waals surface area (Å²) >= 11 is 6.11. The van der Waals surface area contributed by atoms with Crippen LogP contribution in [0.5, 0.6) is 0 Å². The van der Waals surface area contributed by atoms with Crippen molar-refractivity contribution in [2.24, 2.45) is 11.8 Å². The number of benzene rings is 1. The number of carbonyl (C=O) groups excluding carboxylic acids is 1. The van der Waals surface area contributed by atoms with Gasteiger partial charge in [-0.25, -0.2) is 8.42 Å². The highest BCUT2D eigenvalue weighted by Crippen LogP contribution is 2.28. The molecule has 5 nitrogen and oxygen atoms in total. The zero-order valence-electron chi connectivity index (χ0n) is 16.1. The highest BCUT2D eigenvalue weighted by Gasteiger charge is 2.34. The predicted octanol–water partition coefficient (Wildman–Crippen LogP) is 3.74. The van der Waals surface area contributed by atoms with Crippen LogP contribution in [0.2, 0.25) is 5.02 Å². The summed E-state index contributed by atoms with van der Waals surface area (Å²) < 4.78 is 27.4. The first-order chi connectivity index (χ1) is 12.8. The van der Waals surface area contributed by atoms with Crippen LogP contribution in [0.4, 0.5) is 0 Å². The smallest absolute Gasteiger partial charge is 0.243 e. The maximum Gasteiger partial charge on any atom is 0.243 e. The Kier molecular flexibility index (Phi) is 6.49. The van der Waals surface area contributed by atoms with Crippen LogP contribution in [-0.2, 0) is 14.8 Å². The Hall–Kier alpha value is -1.11. The average Bonchev–Trinajstić information content (AvgIpc) is 2.65. The summed E-state index contributed by atoms with van der Waals surface area (Å²) in [5.41, 5.74) is 0.841. The fourth-order valence-electron chi connectivity index (χ4n) is 4.09. The van der Waals surface area contributed by atoms with Crippen molar-refractivity contribution >= 4 is 27.5 Å². The summed E-state index contributed by atoms with van der Waals surface area (Å²) in [7, 11) is -3.64. The molecule has 1 aromatic carbocycles. The van der Waals surface area contributed by atoms with Crippen LogP contribution in [0.25, 0.3) is 0 Å². The normalized spacial score (nSPS) is 27.3. The van der Waals surface area contributed by atoms with Gasteiger partial charge in [-0.3, -0.25) is 4.79 Å². The molecule has 2 aliphatic rings. The number of hydrogen-bond acceptors (Lipinski definition) is 3. The summed E-state index contributed by atoms with van der Waals surface area (Å²) in [5, 5.41) is 3.62. The minimum absolute atomic E-state index is 0.00408. The fraction of sp³-hybridized carbons (Fsp3) is 0.650. The molecule has 0 bridgehead atoms. The van der Waals surface area contributed by atoms with E-state index in [0.29, 0.717) is 23.9 Å². The van der Waals surface area contributed by atoms with Gasteiger partial charge in [0.2, 0.25) is 15.9 Å². The summed E-state index contributed by atoms with van der Waals surface area (Å²) in [6, 6.07) is 5.02. The first-order valence-corrected chi connectivity index (χ1v) is 11.7. The number of nitrogens with one attached hydrogen (secondary N) is 1. The van der Waals surface area contributed by atoms with Crippen LogP contribution >= 0.6 is 11.6 Å². The first kappa shape index (κ1) is 20.6. The van der Waals surface area contributed by atoms with Gasteiger partial charge in [0.25, 0.3) is 0 Å². The van der Waals surface area contributed by atoms with E-state index in [0.717, 1.165) is 31.2 Å². The second-order valence-corrected chi connectivity index (χ2v) is 10.3. The zero-order valence-corrected chi connectivity index (χ0v) is 17.7. The van der Waals surface area contributed by atoms with Crippen molar-refractivity contribution in [1.29, 1.82) is 0 Å². The molecule has 1 saturated heterocycles. The molecule has 0 aromatic heterocycles. The van der Waals surface area contributed by atoms with Crippen molar-refractivity contribution < 1.29 is 13.2 Å². The van der Waals surface area contributed by atoms with Gasteiger partial charge in [0.05, 0.1) is 10.8 Å². The summed E-state index contributed by atoms with van der Waals surface area (Å²) in [5.74, 6) is 0.194. The lowest BCUT2D eigenvalue weighted by Crippen LogP contribution is -2.49. The molecule has 3 unspecified atom stereocenters. The van der Waals surface area contributed by atoms with E-state index in [1.807, 2.05) is 6.92 Å². The fourth-order valence-corrected chi connectivity index (χ4v) is 5.88. The molecule has 1 aliphatic heterocycles. The van der Waals surface area contributed by atoms with Crippen LogP contribution in [0, 0.1) is 18.8 Å². The Balaban J connectivity index is 1.69. The number of nitrogens with zero attached hydrogens (tertiary/aromatic N) is 1. The molecule has 1 amide bonds. The SMILES string of the molecule is Cc1ccc(S(=O)(=O)N2CCCC(C(=O)NC3CCCCC3C)C2)cc1Cl. The van der Waals surface area contributed by atoms with Gasteiger partial charge in [0.15, 0.2) is 0 Å². The summed E-state index contributed by atoms with van der Waals surface area (Å²) in [6.07, 6.45) is 5.95. The molecule has 0 spiro atoms. The van der Waals surface area contributed by atoms with E-state index in [1.54, 1.807) is 12.1 Å². The van der Waals surface area contributed by atoms with E-state index in [-0.39, 0.29) is 29.3 Å². The Bertz CT molecular complexity index is 796. The van der Waals surface area contributed by atoms with Crippen molar-refractivity contribution in [2.75, 3.05) is 13.1 Å². The number of amides is 1. The van der Waals surface area contributed by atoms with Gasteiger partial charge in [-0.2, -0.15) is 4.31 Å². The maximum absolute atomic E-state index is 13.0. The van der Waals surface area contributed by atoms with E-state index in [2.05, 4.69) is 12.2 Å². The monoisotopic (exact) mass is 412 g/mol. The molecular weight excluding hydrogens is 384 g/mol. The standard InChI is InChI=1S/C20H29ClN2O3S/c1-14-9-10-17(12-18(14)21)27(25,26)23-11-5-7-16(13-23)20(24)22-19-8-4-3-6-15(19)2/h9-10,12,15-16,19H,3-8,11,13H2,1-2H3,(H,22,24). The van der Waals surface area contributed by atoms with Gasteiger partial charge >= 0.3 is 0 Å². The van der Waals surface area contributed by atoms with E-state index in [4.69, 9.17) is 11.6 Å². The van der Waals surface area contributed by atoms with Crippen LogP contribution in [-0.4, -0.2) is 37.8 Å². The maximum atomic E-state index is 13.0. The van der Waals surface area contributed by atoms with Crippen LogP contribution in [0.3, 0.4) is 0 Å². The van der Waals surface area contributed by atoms with Crippen LogP contribution in [0.1, 0.15) is 51.0 Å². The van der Waals surface area contributed by atoms with E-state index in [1.165, 1.54) is 16.8 Å². The van der Waals surface area contributed by atoms with Gasteiger partial charge in [0, 0.05) is 24.2 Å².